The van der Waals surface area contributed by atoms with E-state index in [-0.39, 0.29) is 12.4 Å². The van der Waals surface area contributed by atoms with Gasteiger partial charge in [0.25, 0.3) is 0 Å². The maximum Gasteiger partial charge on any atom is 0.339 e. The van der Waals surface area contributed by atoms with Crippen LogP contribution < -0.4 is 0 Å². The van der Waals surface area contributed by atoms with E-state index in [4.69, 9.17) is 9.72 Å². The number of rotatable bonds is 5. The molecule has 4 rings (SSSR count). The number of nitrogens with zero attached hydrogens (tertiary/aromatic N) is 1. The maximum absolute atomic E-state index is 13.1. The summed E-state index contributed by atoms with van der Waals surface area (Å²) < 4.78 is 6.41. The molecule has 0 radical (unpaired) electrons. The number of aryl methyl sites for hydroxylation is 3. The van der Waals surface area contributed by atoms with Crippen LogP contribution in [0.15, 0.2) is 71.2 Å². The summed E-state index contributed by atoms with van der Waals surface area (Å²) in [6.45, 7) is 5.58. The Morgan fingerprint density at radius 3 is 2.34 bits per heavy atom. The number of esters is 1. The summed E-state index contributed by atoms with van der Waals surface area (Å²) in [7, 11) is 0. The van der Waals surface area contributed by atoms with E-state index in [1.807, 2.05) is 75.4 Å². The molecule has 0 aliphatic heterocycles. The molecule has 0 bridgehead atoms. The van der Waals surface area contributed by atoms with Gasteiger partial charge in [-0.2, -0.15) is 0 Å². The number of hydrogen-bond donors (Lipinski definition) is 0. The number of carbonyl (C=O) groups excluding carboxylic acids is 2. The van der Waals surface area contributed by atoms with E-state index in [0.29, 0.717) is 22.2 Å². The molecule has 4 nitrogen and oxygen atoms in total. The van der Waals surface area contributed by atoms with Gasteiger partial charge in [0.1, 0.15) is 0 Å². The standard InChI is InChI=1S/C27H22BrNO3/c1-16-7-8-20(13-18(16)3)25(30)15-32-27(31)23-14-24(19-9-11-21(28)12-10-19)29-26-17(2)5-4-6-22(23)26/h4-14H,15H2,1-3H3. The zero-order valence-corrected chi connectivity index (χ0v) is 19.7. The lowest BCUT2D eigenvalue weighted by Crippen LogP contribution is -2.15. The van der Waals surface area contributed by atoms with Crippen molar-refractivity contribution in [3.05, 3.63) is 99.0 Å². The minimum Gasteiger partial charge on any atom is -0.454 e. The average molecular weight is 488 g/mol. The van der Waals surface area contributed by atoms with Crippen LogP contribution >= 0.6 is 15.9 Å². The smallest absolute Gasteiger partial charge is 0.339 e. The number of carbonyl (C=O) groups is 2. The lowest BCUT2D eigenvalue weighted by atomic mass is 10.0. The fraction of sp³-hybridized carbons (Fsp3) is 0.148. The van der Waals surface area contributed by atoms with E-state index >= 15 is 0 Å². The molecule has 1 aromatic heterocycles. The van der Waals surface area contributed by atoms with Gasteiger partial charge < -0.3 is 4.74 Å². The highest BCUT2D eigenvalue weighted by Gasteiger charge is 2.18. The number of halogens is 1. The van der Waals surface area contributed by atoms with Crippen molar-refractivity contribution < 1.29 is 14.3 Å². The number of ketones is 1. The van der Waals surface area contributed by atoms with E-state index in [1.54, 1.807) is 12.1 Å². The summed E-state index contributed by atoms with van der Waals surface area (Å²) in [5.74, 6) is -0.775. The molecule has 0 N–H and O–H groups in total. The number of benzene rings is 3. The fourth-order valence-electron chi connectivity index (χ4n) is 3.54. The largest absolute Gasteiger partial charge is 0.454 e. The molecule has 1 heterocycles. The first-order chi connectivity index (χ1) is 15.3. The van der Waals surface area contributed by atoms with E-state index in [1.165, 1.54) is 0 Å². The number of para-hydroxylation sites is 1. The predicted octanol–water partition coefficient (Wildman–Crippen LogP) is 6.63. The molecule has 0 saturated carbocycles. The van der Waals surface area contributed by atoms with Crippen LogP contribution in [-0.2, 0) is 4.74 Å². The zero-order chi connectivity index (χ0) is 22.8. The Morgan fingerprint density at radius 2 is 1.62 bits per heavy atom. The molecular formula is C27H22BrNO3. The monoisotopic (exact) mass is 487 g/mol. The van der Waals surface area contributed by atoms with Gasteiger partial charge in [0, 0.05) is 21.0 Å². The van der Waals surface area contributed by atoms with Crippen molar-refractivity contribution in [3.63, 3.8) is 0 Å². The van der Waals surface area contributed by atoms with Gasteiger partial charge in [0.05, 0.1) is 16.8 Å². The van der Waals surface area contributed by atoms with Crippen LogP contribution in [0.1, 0.15) is 37.4 Å². The second-order valence-electron chi connectivity index (χ2n) is 7.83. The van der Waals surface area contributed by atoms with Gasteiger partial charge in [0.15, 0.2) is 12.4 Å². The quantitative estimate of drug-likeness (QED) is 0.234. The molecule has 0 aliphatic rings. The highest BCUT2D eigenvalue weighted by molar-refractivity contribution is 9.10. The third-order valence-electron chi connectivity index (χ3n) is 5.56. The molecule has 5 heteroatoms. The van der Waals surface area contributed by atoms with Gasteiger partial charge in [0.2, 0.25) is 0 Å². The molecule has 32 heavy (non-hydrogen) atoms. The van der Waals surface area contributed by atoms with Crippen LogP contribution in [-0.4, -0.2) is 23.3 Å². The van der Waals surface area contributed by atoms with E-state index in [2.05, 4.69) is 15.9 Å². The van der Waals surface area contributed by atoms with E-state index < -0.39 is 5.97 Å². The number of pyridine rings is 1. The van der Waals surface area contributed by atoms with E-state index in [9.17, 15) is 9.59 Å². The summed E-state index contributed by atoms with van der Waals surface area (Å²) in [6.07, 6.45) is 0. The third kappa shape index (κ3) is 4.48. The second-order valence-corrected chi connectivity index (χ2v) is 8.75. The normalized spacial score (nSPS) is 10.9. The molecule has 0 spiro atoms. The third-order valence-corrected chi connectivity index (χ3v) is 6.09. The molecule has 0 unspecified atom stereocenters. The summed E-state index contributed by atoms with van der Waals surface area (Å²) in [5, 5.41) is 0.703. The van der Waals surface area contributed by atoms with Gasteiger partial charge in [-0.1, -0.05) is 58.4 Å². The van der Waals surface area contributed by atoms with Crippen molar-refractivity contribution in [3.8, 4) is 11.3 Å². The molecular weight excluding hydrogens is 466 g/mol. The van der Waals surface area contributed by atoms with Gasteiger partial charge in [-0.05, 0) is 61.7 Å². The average Bonchev–Trinajstić information content (AvgIpc) is 2.79. The topological polar surface area (TPSA) is 56.3 Å². The molecule has 0 aliphatic carbocycles. The first kappa shape index (κ1) is 21.9. The number of aromatic nitrogens is 1. The molecule has 0 saturated heterocycles. The zero-order valence-electron chi connectivity index (χ0n) is 18.1. The number of fused-ring (bicyclic) bond motifs is 1. The lowest BCUT2D eigenvalue weighted by Gasteiger charge is -2.12. The molecule has 0 fully saturated rings. The first-order valence-electron chi connectivity index (χ1n) is 10.3. The van der Waals surface area contributed by atoms with Crippen molar-refractivity contribution in [1.29, 1.82) is 0 Å². The van der Waals surface area contributed by atoms with Crippen molar-refractivity contribution in [1.82, 2.24) is 4.98 Å². The Kier molecular flexibility index (Phi) is 6.19. The number of Topliss-reactive ketones (excluding diaryl/α,β-unsaturated/α-hetero) is 1. The Morgan fingerprint density at radius 1 is 0.875 bits per heavy atom. The minimum atomic E-state index is -0.543. The number of hydrogen-bond acceptors (Lipinski definition) is 4. The van der Waals surface area contributed by atoms with Crippen LogP contribution in [0.25, 0.3) is 22.2 Å². The Labute approximate surface area is 195 Å². The van der Waals surface area contributed by atoms with Crippen molar-refractivity contribution >= 4 is 38.6 Å². The summed E-state index contributed by atoms with van der Waals surface area (Å²) in [4.78, 5) is 30.4. The van der Waals surface area contributed by atoms with Gasteiger partial charge in [-0.15, -0.1) is 0 Å². The fourth-order valence-corrected chi connectivity index (χ4v) is 3.80. The number of ether oxygens (including phenoxy) is 1. The molecule has 0 amide bonds. The Bertz CT molecular complexity index is 1340. The van der Waals surface area contributed by atoms with Gasteiger partial charge in [-0.3, -0.25) is 4.79 Å². The van der Waals surface area contributed by atoms with Crippen molar-refractivity contribution in [2.24, 2.45) is 0 Å². The molecule has 3 aromatic carbocycles. The molecule has 160 valence electrons. The predicted molar refractivity (Wildman–Crippen MR) is 130 cm³/mol. The molecule has 4 aromatic rings. The van der Waals surface area contributed by atoms with Crippen molar-refractivity contribution in [2.75, 3.05) is 6.61 Å². The van der Waals surface area contributed by atoms with Gasteiger partial charge >= 0.3 is 5.97 Å². The summed E-state index contributed by atoms with van der Waals surface area (Å²) in [6, 6.07) is 20.6. The highest BCUT2D eigenvalue weighted by atomic mass is 79.9. The van der Waals surface area contributed by atoms with Crippen molar-refractivity contribution in [2.45, 2.75) is 20.8 Å². The summed E-state index contributed by atoms with van der Waals surface area (Å²) >= 11 is 3.44. The van der Waals surface area contributed by atoms with Crippen LogP contribution in [0.2, 0.25) is 0 Å². The van der Waals surface area contributed by atoms with E-state index in [0.717, 1.165) is 32.2 Å². The maximum atomic E-state index is 13.1. The first-order valence-corrected chi connectivity index (χ1v) is 11.1. The second kappa shape index (κ2) is 9.05. The van der Waals surface area contributed by atoms with Crippen LogP contribution in [0.5, 0.6) is 0 Å². The SMILES string of the molecule is Cc1ccc(C(=O)COC(=O)c2cc(-c3ccc(Br)cc3)nc3c(C)cccc23)cc1C. The summed E-state index contributed by atoms with van der Waals surface area (Å²) in [5.41, 5.74) is 6.32. The highest BCUT2D eigenvalue weighted by Crippen LogP contribution is 2.28. The Hall–Kier alpha value is -3.31. The lowest BCUT2D eigenvalue weighted by molar-refractivity contribution is 0.0476. The van der Waals surface area contributed by atoms with Gasteiger partial charge in [-0.25, -0.2) is 9.78 Å². The minimum absolute atomic E-state index is 0.232. The van der Waals surface area contributed by atoms with Crippen LogP contribution in [0.4, 0.5) is 0 Å². The van der Waals surface area contributed by atoms with Crippen LogP contribution in [0.3, 0.4) is 0 Å². The molecule has 0 atom stereocenters. The van der Waals surface area contributed by atoms with Crippen LogP contribution in [0, 0.1) is 20.8 Å². The Balaban J connectivity index is 1.66.